The standard InChI is InChI=1S/C25H24FN5O/c1-17-14-18(5-7-21(17)26)24-20(4-3-9-27-24)19-6-8-23-28-15-22(31(23)16-19)25(32)30-12-10-29(2)11-13-30/h3-9,14-16H,10-13H2,1-2H3. The number of halogens is 1. The first-order valence-corrected chi connectivity index (χ1v) is 10.7. The van der Waals surface area contributed by atoms with Crippen LogP contribution < -0.4 is 0 Å². The van der Waals surface area contributed by atoms with Crippen molar-refractivity contribution in [3.05, 3.63) is 78.1 Å². The Kier molecular flexibility index (Phi) is 5.19. The van der Waals surface area contributed by atoms with Crippen molar-refractivity contribution < 1.29 is 9.18 Å². The van der Waals surface area contributed by atoms with E-state index in [4.69, 9.17) is 0 Å². The fourth-order valence-corrected chi connectivity index (χ4v) is 4.13. The lowest BCUT2D eigenvalue weighted by molar-refractivity contribution is 0.0657. The molecule has 0 bridgehead atoms. The van der Waals surface area contributed by atoms with Crippen molar-refractivity contribution in [1.29, 1.82) is 0 Å². The Morgan fingerprint density at radius 1 is 1.00 bits per heavy atom. The number of hydrogen-bond donors (Lipinski definition) is 0. The minimum atomic E-state index is -0.238. The molecule has 32 heavy (non-hydrogen) atoms. The molecule has 6 nitrogen and oxygen atoms in total. The van der Waals surface area contributed by atoms with Crippen molar-refractivity contribution in [2.24, 2.45) is 0 Å². The molecule has 5 rings (SSSR count). The van der Waals surface area contributed by atoms with Crippen LogP contribution in [0.3, 0.4) is 0 Å². The van der Waals surface area contributed by atoms with Crippen molar-refractivity contribution in [1.82, 2.24) is 24.2 Å². The van der Waals surface area contributed by atoms with Gasteiger partial charge in [0.05, 0.1) is 11.9 Å². The maximum atomic E-state index is 13.8. The number of carbonyl (C=O) groups excluding carboxylic acids is 1. The van der Waals surface area contributed by atoms with Crippen molar-refractivity contribution in [3.8, 4) is 22.4 Å². The molecule has 3 aromatic heterocycles. The number of aryl methyl sites for hydroxylation is 1. The van der Waals surface area contributed by atoms with Crippen molar-refractivity contribution in [2.45, 2.75) is 6.92 Å². The van der Waals surface area contributed by atoms with Crippen LogP contribution in [0.2, 0.25) is 0 Å². The molecule has 0 unspecified atom stereocenters. The molecule has 162 valence electrons. The molecule has 1 amide bonds. The summed E-state index contributed by atoms with van der Waals surface area (Å²) in [6.45, 7) is 4.89. The number of piperazine rings is 1. The molecule has 0 spiro atoms. The summed E-state index contributed by atoms with van der Waals surface area (Å²) >= 11 is 0. The molecule has 1 fully saturated rings. The zero-order chi connectivity index (χ0) is 22.2. The van der Waals surface area contributed by atoms with Gasteiger partial charge in [-0.15, -0.1) is 0 Å². The predicted octanol–water partition coefficient (Wildman–Crippen LogP) is 3.90. The van der Waals surface area contributed by atoms with Crippen LogP contribution in [0.15, 0.2) is 61.1 Å². The van der Waals surface area contributed by atoms with Crippen molar-refractivity contribution in [3.63, 3.8) is 0 Å². The Morgan fingerprint density at radius 2 is 1.78 bits per heavy atom. The van der Waals surface area contributed by atoms with Crippen LogP contribution in [0.5, 0.6) is 0 Å². The molecule has 4 aromatic rings. The topological polar surface area (TPSA) is 53.7 Å². The van der Waals surface area contributed by atoms with Crippen molar-refractivity contribution >= 4 is 11.6 Å². The summed E-state index contributed by atoms with van der Waals surface area (Å²) in [5, 5.41) is 0. The summed E-state index contributed by atoms with van der Waals surface area (Å²) in [6, 6.07) is 12.8. The number of pyridine rings is 2. The fraction of sp³-hybridized carbons (Fsp3) is 0.240. The van der Waals surface area contributed by atoms with Gasteiger partial charge in [0.15, 0.2) is 0 Å². The van der Waals surface area contributed by atoms with Crippen LogP contribution in [0.25, 0.3) is 28.0 Å². The zero-order valence-electron chi connectivity index (χ0n) is 18.1. The van der Waals surface area contributed by atoms with Crippen LogP contribution in [-0.4, -0.2) is 63.3 Å². The Bertz CT molecular complexity index is 1310. The Balaban J connectivity index is 1.56. The van der Waals surface area contributed by atoms with E-state index in [1.807, 2.05) is 39.8 Å². The molecule has 0 saturated carbocycles. The minimum absolute atomic E-state index is 0.0108. The first-order chi connectivity index (χ1) is 15.5. The number of carbonyl (C=O) groups is 1. The van der Waals surface area contributed by atoms with Gasteiger partial charge in [-0.1, -0.05) is 6.07 Å². The first-order valence-electron chi connectivity index (χ1n) is 10.7. The van der Waals surface area contributed by atoms with E-state index >= 15 is 0 Å². The Hall–Kier alpha value is -3.58. The van der Waals surface area contributed by atoms with E-state index in [2.05, 4.69) is 21.9 Å². The van der Waals surface area contributed by atoms with E-state index in [9.17, 15) is 9.18 Å². The highest BCUT2D eigenvalue weighted by Crippen LogP contribution is 2.31. The van der Waals surface area contributed by atoms with Crippen LogP contribution in [0.4, 0.5) is 4.39 Å². The van der Waals surface area contributed by atoms with E-state index in [0.717, 1.165) is 35.5 Å². The number of rotatable bonds is 3. The SMILES string of the molecule is Cc1cc(-c2ncccc2-c2ccc3ncc(C(=O)N4CCN(C)CC4)n3c2)ccc1F. The molecule has 1 saturated heterocycles. The first kappa shape index (κ1) is 20.3. The van der Waals surface area contributed by atoms with Gasteiger partial charge in [0.2, 0.25) is 0 Å². The van der Waals surface area contributed by atoms with E-state index in [0.29, 0.717) is 30.0 Å². The second kappa shape index (κ2) is 8.16. The number of fused-ring (bicyclic) bond motifs is 1. The summed E-state index contributed by atoms with van der Waals surface area (Å²) in [6.07, 6.45) is 5.31. The lowest BCUT2D eigenvalue weighted by atomic mass is 9.99. The number of benzene rings is 1. The van der Waals surface area contributed by atoms with Gasteiger partial charge in [0, 0.05) is 55.3 Å². The fourth-order valence-electron chi connectivity index (χ4n) is 4.13. The largest absolute Gasteiger partial charge is 0.335 e. The second-order valence-electron chi connectivity index (χ2n) is 8.25. The smallest absolute Gasteiger partial charge is 0.272 e. The summed E-state index contributed by atoms with van der Waals surface area (Å²) in [7, 11) is 2.07. The number of likely N-dealkylation sites (N-methyl/N-ethyl adjacent to an activating group) is 1. The summed E-state index contributed by atoms with van der Waals surface area (Å²) < 4.78 is 15.7. The predicted molar refractivity (Wildman–Crippen MR) is 122 cm³/mol. The number of amides is 1. The van der Waals surface area contributed by atoms with Gasteiger partial charge in [-0.05, 0) is 55.9 Å². The van der Waals surface area contributed by atoms with Crippen LogP contribution >= 0.6 is 0 Å². The summed E-state index contributed by atoms with van der Waals surface area (Å²) in [5.74, 6) is -0.249. The third-order valence-electron chi connectivity index (χ3n) is 6.07. The lowest BCUT2D eigenvalue weighted by Gasteiger charge is -2.32. The van der Waals surface area contributed by atoms with Gasteiger partial charge in [0.25, 0.3) is 5.91 Å². The number of aromatic nitrogens is 3. The molecule has 0 atom stereocenters. The van der Waals surface area contributed by atoms with Gasteiger partial charge in [-0.3, -0.25) is 14.2 Å². The maximum Gasteiger partial charge on any atom is 0.272 e. The highest BCUT2D eigenvalue weighted by Gasteiger charge is 2.23. The van der Waals surface area contributed by atoms with E-state index < -0.39 is 0 Å². The van der Waals surface area contributed by atoms with Gasteiger partial charge in [0.1, 0.15) is 17.2 Å². The molecule has 1 aromatic carbocycles. The highest BCUT2D eigenvalue weighted by molar-refractivity contribution is 5.93. The molecular weight excluding hydrogens is 405 g/mol. The third kappa shape index (κ3) is 3.65. The number of nitrogens with zero attached hydrogens (tertiary/aromatic N) is 5. The van der Waals surface area contributed by atoms with Crippen LogP contribution in [0.1, 0.15) is 16.1 Å². The van der Waals surface area contributed by atoms with Gasteiger partial charge in [-0.2, -0.15) is 0 Å². The highest BCUT2D eigenvalue weighted by atomic mass is 19.1. The molecule has 1 aliphatic rings. The molecular formula is C25H24FN5O. The van der Waals surface area contributed by atoms with Crippen LogP contribution in [0, 0.1) is 12.7 Å². The second-order valence-corrected chi connectivity index (χ2v) is 8.25. The summed E-state index contributed by atoms with van der Waals surface area (Å²) in [4.78, 5) is 26.3. The monoisotopic (exact) mass is 429 g/mol. The Labute approximate surface area is 185 Å². The van der Waals surface area contributed by atoms with Gasteiger partial charge < -0.3 is 9.80 Å². The van der Waals surface area contributed by atoms with E-state index in [1.165, 1.54) is 6.07 Å². The van der Waals surface area contributed by atoms with Crippen molar-refractivity contribution in [2.75, 3.05) is 33.2 Å². The molecule has 7 heteroatoms. The van der Waals surface area contributed by atoms with Gasteiger partial charge >= 0.3 is 0 Å². The zero-order valence-corrected chi connectivity index (χ0v) is 18.1. The van der Waals surface area contributed by atoms with E-state index in [1.54, 1.807) is 31.5 Å². The van der Waals surface area contributed by atoms with Gasteiger partial charge in [-0.25, -0.2) is 9.37 Å². The quantitative estimate of drug-likeness (QED) is 0.496. The summed E-state index contributed by atoms with van der Waals surface area (Å²) in [5.41, 5.74) is 5.27. The molecule has 1 aliphatic heterocycles. The van der Waals surface area contributed by atoms with Crippen LogP contribution in [-0.2, 0) is 0 Å². The molecule has 0 radical (unpaired) electrons. The molecule has 4 heterocycles. The number of hydrogen-bond acceptors (Lipinski definition) is 4. The maximum absolute atomic E-state index is 13.8. The lowest BCUT2D eigenvalue weighted by Crippen LogP contribution is -2.47. The number of imidazole rings is 1. The van der Waals surface area contributed by atoms with E-state index in [-0.39, 0.29) is 11.7 Å². The average molecular weight is 429 g/mol. The normalized spacial score (nSPS) is 14.8. The molecule has 0 N–H and O–H groups in total. The Morgan fingerprint density at radius 3 is 2.56 bits per heavy atom. The third-order valence-corrected chi connectivity index (χ3v) is 6.07. The minimum Gasteiger partial charge on any atom is -0.335 e. The molecule has 0 aliphatic carbocycles. The average Bonchev–Trinajstić information content (AvgIpc) is 3.24.